The predicted octanol–water partition coefficient (Wildman–Crippen LogP) is 4.26. The third-order valence-electron chi connectivity index (χ3n) is 3.65. The number of rotatable bonds is 2. The number of carbonyl (C=O) groups is 1. The first-order valence-corrected chi connectivity index (χ1v) is 8.14. The van der Waals surface area contributed by atoms with E-state index in [-0.39, 0.29) is 11.2 Å². The quantitative estimate of drug-likeness (QED) is 0.701. The summed E-state index contributed by atoms with van der Waals surface area (Å²) in [5.74, 6) is 0. The molecular formula is C17H14Cl2N4O2. The number of pyridine rings is 1. The summed E-state index contributed by atoms with van der Waals surface area (Å²) in [5, 5.41) is 5.88. The maximum absolute atomic E-state index is 12.6. The minimum Gasteiger partial charge on any atom is -0.306 e. The molecule has 0 fully saturated rings. The molecule has 2 aromatic heterocycles. The number of nitrogens with zero attached hydrogens (tertiary/aromatic N) is 2. The Morgan fingerprint density at radius 2 is 1.92 bits per heavy atom. The molecule has 0 atom stereocenters. The van der Waals surface area contributed by atoms with Crippen molar-refractivity contribution in [1.29, 1.82) is 0 Å². The topological polar surface area (TPSA) is 75.5 Å². The molecule has 3 aromatic rings. The van der Waals surface area contributed by atoms with Crippen LogP contribution in [0, 0.1) is 13.8 Å². The van der Waals surface area contributed by atoms with E-state index < -0.39 is 6.03 Å². The van der Waals surface area contributed by atoms with E-state index in [2.05, 4.69) is 15.6 Å². The summed E-state index contributed by atoms with van der Waals surface area (Å²) in [5.41, 5.74) is 1.97. The lowest BCUT2D eigenvalue weighted by Gasteiger charge is -2.12. The van der Waals surface area contributed by atoms with Crippen molar-refractivity contribution >= 4 is 46.3 Å². The SMILES string of the molecule is Cc1nc2c(C)cccn2c(=O)c1NC(=O)Nc1ccc(Cl)cc1Cl. The molecule has 0 aliphatic carbocycles. The second kappa shape index (κ2) is 6.74. The summed E-state index contributed by atoms with van der Waals surface area (Å²) in [7, 11) is 0. The van der Waals surface area contributed by atoms with Crippen molar-refractivity contribution < 1.29 is 4.79 Å². The lowest BCUT2D eigenvalue weighted by molar-refractivity contribution is 0.262. The number of nitrogens with one attached hydrogen (secondary N) is 2. The van der Waals surface area contributed by atoms with Gasteiger partial charge in [0.1, 0.15) is 11.3 Å². The first-order chi connectivity index (χ1) is 11.9. The van der Waals surface area contributed by atoms with Crippen molar-refractivity contribution in [1.82, 2.24) is 9.38 Å². The van der Waals surface area contributed by atoms with Gasteiger partial charge >= 0.3 is 6.03 Å². The lowest BCUT2D eigenvalue weighted by atomic mass is 10.2. The van der Waals surface area contributed by atoms with E-state index in [1.165, 1.54) is 10.5 Å². The van der Waals surface area contributed by atoms with E-state index in [0.717, 1.165) is 5.56 Å². The van der Waals surface area contributed by atoms with Crippen molar-refractivity contribution in [2.45, 2.75) is 13.8 Å². The van der Waals surface area contributed by atoms with Crippen LogP contribution in [0.1, 0.15) is 11.3 Å². The van der Waals surface area contributed by atoms with Gasteiger partial charge in [0.15, 0.2) is 0 Å². The van der Waals surface area contributed by atoms with Gasteiger partial charge in [0.25, 0.3) is 5.56 Å². The van der Waals surface area contributed by atoms with Gasteiger partial charge in [0.2, 0.25) is 0 Å². The summed E-state index contributed by atoms with van der Waals surface area (Å²) in [4.78, 5) is 29.3. The highest BCUT2D eigenvalue weighted by molar-refractivity contribution is 6.36. The average molecular weight is 377 g/mol. The van der Waals surface area contributed by atoms with Gasteiger partial charge in [-0.05, 0) is 43.7 Å². The first kappa shape index (κ1) is 17.3. The number of anilines is 2. The molecule has 1 aromatic carbocycles. The van der Waals surface area contributed by atoms with Crippen molar-refractivity contribution in [3.8, 4) is 0 Å². The van der Waals surface area contributed by atoms with Crippen LogP contribution >= 0.6 is 23.2 Å². The number of halogens is 2. The fourth-order valence-corrected chi connectivity index (χ4v) is 2.86. The van der Waals surface area contributed by atoms with Crippen LogP contribution in [-0.4, -0.2) is 15.4 Å². The summed E-state index contributed by atoms with van der Waals surface area (Å²) in [6, 6.07) is 7.70. The fraction of sp³-hybridized carbons (Fsp3) is 0.118. The van der Waals surface area contributed by atoms with Gasteiger partial charge in [-0.25, -0.2) is 9.78 Å². The Balaban J connectivity index is 1.92. The van der Waals surface area contributed by atoms with Crippen molar-refractivity contribution in [2.75, 3.05) is 10.6 Å². The summed E-state index contributed by atoms with van der Waals surface area (Å²) in [6.45, 7) is 3.53. The monoisotopic (exact) mass is 376 g/mol. The molecule has 0 aliphatic heterocycles. The molecule has 3 rings (SSSR count). The maximum Gasteiger partial charge on any atom is 0.323 e. The van der Waals surface area contributed by atoms with E-state index >= 15 is 0 Å². The summed E-state index contributed by atoms with van der Waals surface area (Å²) < 4.78 is 1.40. The molecule has 0 bridgehead atoms. The van der Waals surface area contributed by atoms with Crippen molar-refractivity contribution in [3.63, 3.8) is 0 Å². The van der Waals surface area contributed by atoms with Gasteiger partial charge in [-0.2, -0.15) is 0 Å². The smallest absolute Gasteiger partial charge is 0.306 e. The molecule has 2 amide bonds. The number of fused-ring (bicyclic) bond motifs is 1. The molecule has 6 nitrogen and oxygen atoms in total. The molecule has 2 N–H and O–H groups in total. The number of aryl methyl sites for hydroxylation is 2. The highest BCUT2D eigenvalue weighted by atomic mass is 35.5. The maximum atomic E-state index is 12.6. The molecule has 0 spiro atoms. The van der Waals surface area contributed by atoms with Gasteiger partial charge in [0.05, 0.1) is 16.4 Å². The zero-order valence-electron chi connectivity index (χ0n) is 13.4. The molecule has 128 valence electrons. The summed E-state index contributed by atoms with van der Waals surface area (Å²) >= 11 is 11.9. The van der Waals surface area contributed by atoms with E-state index in [9.17, 15) is 9.59 Å². The van der Waals surface area contributed by atoms with Gasteiger partial charge in [-0.15, -0.1) is 0 Å². The van der Waals surface area contributed by atoms with E-state index in [1.807, 2.05) is 13.0 Å². The van der Waals surface area contributed by atoms with Crippen LogP contribution in [-0.2, 0) is 0 Å². The van der Waals surface area contributed by atoms with Crippen molar-refractivity contribution in [3.05, 3.63) is 68.2 Å². The summed E-state index contributed by atoms with van der Waals surface area (Å²) in [6.07, 6.45) is 1.61. The minimum absolute atomic E-state index is 0.102. The third kappa shape index (κ3) is 3.45. The zero-order chi connectivity index (χ0) is 18.1. The largest absolute Gasteiger partial charge is 0.323 e. The molecule has 0 saturated heterocycles. The molecular weight excluding hydrogens is 363 g/mol. The van der Waals surface area contributed by atoms with Gasteiger partial charge in [-0.3, -0.25) is 9.20 Å². The van der Waals surface area contributed by atoms with Crippen LogP contribution in [0.25, 0.3) is 5.65 Å². The molecule has 25 heavy (non-hydrogen) atoms. The highest BCUT2D eigenvalue weighted by Gasteiger charge is 2.14. The Morgan fingerprint density at radius 1 is 1.16 bits per heavy atom. The Kier molecular flexibility index (Phi) is 4.65. The number of hydrogen-bond donors (Lipinski definition) is 2. The Labute approximate surface area is 153 Å². The zero-order valence-corrected chi connectivity index (χ0v) is 14.9. The van der Waals surface area contributed by atoms with Gasteiger partial charge < -0.3 is 10.6 Å². The second-order valence-electron chi connectivity index (χ2n) is 5.47. The van der Waals surface area contributed by atoms with Crippen LogP contribution in [0.5, 0.6) is 0 Å². The van der Waals surface area contributed by atoms with E-state index in [4.69, 9.17) is 23.2 Å². The van der Waals surface area contributed by atoms with Crippen LogP contribution in [0.3, 0.4) is 0 Å². The van der Waals surface area contributed by atoms with Crippen molar-refractivity contribution in [2.24, 2.45) is 0 Å². The Hall–Kier alpha value is -2.57. The second-order valence-corrected chi connectivity index (χ2v) is 6.31. The number of benzene rings is 1. The van der Waals surface area contributed by atoms with Crippen LogP contribution in [0.4, 0.5) is 16.2 Å². The van der Waals surface area contributed by atoms with E-state index in [1.54, 1.807) is 31.3 Å². The molecule has 0 aliphatic rings. The van der Waals surface area contributed by atoms with E-state index in [0.29, 0.717) is 27.1 Å². The van der Waals surface area contributed by atoms with Crippen LogP contribution in [0.2, 0.25) is 10.0 Å². The standard InChI is InChI=1S/C17H14Cl2N4O2/c1-9-4-3-7-23-15(9)20-10(2)14(16(23)24)22-17(25)21-13-6-5-11(18)8-12(13)19/h3-8H,1-2H3,(H2,21,22,25). The molecule has 0 saturated carbocycles. The minimum atomic E-state index is -0.598. The highest BCUT2D eigenvalue weighted by Crippen LogP contribution is 2.25. The predicted molar refractivity (Wildman–Crippen MR) is 100 cm³/mol. The van der Waals surface area contributed by atoms with Crippen LogP contribution in [0.15, 0.2) is 41.3 Å². The normalized spacial score (nSPS) is 10.7. The number of aromatic nitrogens is 2. The number of urea groups is 1. The number of hydrogen-bond acceptors (Lipinski definition) is 3. The lowest BCUT2D eigenvalue weighted by Crippen LogP contribution is -2.28. The Bertz CT molecular complexity index is 1050. The number of amides is 2. The fourth-order valence-electron chi connectivity index (χ4n) is 2.41. The molecule has 0 radical (unpaired) electrons. The Morgan fingerprint density at radius 3 is 2.64 bits per heavy atom. The number of carbonyl (C=O) groups excluding carboxylic acids is 1. The average Bonchev–Trinajstić information content (AvgIpc) is 2.55. The van der Waals surface area contributed by atoms with Gasteiger partial charge in [0, 0.05) is 11.2 Å². The molecule has 2 heterocycles. The van der Waals surface area contributed by atoms with Crippen LogP contribution < -0.4 is 16.2 Å². The molecule has 0 unspecified atom stereocenters. The van der Waals surface area contributed by atoms with Gasteiger partial charge in [-0.1, -0.05) is 29.3 Å². The third-order valence-corrected chi connectivity index (χ3v) is 4.20. The first-order valence-electron chi connectivity index (χ1n) is 7.38. The molecule has 8 heteroatoms.